The van der Waals surface area contributed by atoms with Crippen LogP contribution in [0.2, 0.25) is 0 Å². The minimum atomic E-state index is 0.244. The second kappa shape index (κ2) is 3.90. The lowest BCUT2D eigenvalue weighted by atomic mass is 10.1. The maximum absolute atomic E-state index is 11.3. The van der Waals surface area contributed by atoms with Crippen molar-refractivity contribution in [1.29, 1.82) is 0 Å². The second-order valence-corrected chi connectivity index (χ2v) is 3.77. The van der Waals surface area contributed by atoms with Crippen LogP contribution in [0.3, 0.4) is 0 Å². The SMILES string of the molecule is CN(C)C(=O)CC1CCCN1C. The molecule has 0 spiro atoms. The van der Waals surface area contributed by atoms with Gasteiger partial charge in [-0.2, -0.15) is 0 Å². The summed E-state index contributed by atoms with van der Waals surface area (Å²) in [5.74, 6) is 0.244. The van der Waals surface area contributed by atoms with E-state index in [1.54, 1.807) is 4.90 Å². The molecule has 0 radical (unpaired) electrons. The summed E-state index contributed by atoms with van der Waals surface area (Å²) in [6.07, 6.45) is 3.10. The third kappa shape index (κ3) is 2.21. The van der Waals surface area contributed by atoms with E-state index in [9.17, 15) is 4.79 Å². The highest BCUT2D eigenvalue weighted by Crippen LogP contribution is 2.17. The molecule has 1 unspecified atom stereocenters. The van der Waals surface area contributed by atoms with Crippen molar-refractivity contribution in [2.45, 2.75) is 25.3 Å². The molecule has 1 aliphatic heterocycles. The largest absolute Gasteiger partial charge is 0.349 e. The van der Waals surface area contributed by atoms with Gasteiger partial charge in [0.05, 0.1) is 0 Å². The van der Waals surface area contributed by atoms with Gasteiger partial charge >= 0.3 is 0 Å². The molecule has 0 N–H and O–H groups in total. The number of carbonyl (C=O) groups is 1. The van der Waals surface area contributed by atoms with Gasteiger partial charge in [0.25, 0.3) is 0 Å². The predicted octanol–water partition coefficient (Wildman–Crippen LogP) is 0.559. The topological polar surface area (TPSA) is 23.6 Å². The summed E-state index contributed by atoms with van der Waals surface area (Å²) >= 11 is 0. The van der Waals surface area contributed by atoms with E-state index in [0.717, 1.165) is 6.54 Å². The van der Waals surface area contributed by atoms with Gasteiger partial charge in [0, 0.05) is 26.6 Å². The van der Waals surface area contributed by atoms with Crippen LogP contribution in [0, 0.1) is 0 Å². The van der Waals surface area contributed by atoms with E-state index in [2.05, 4.69) is 11.9 Å². The van der Waals surface area contributed by atoms with Gasteiger partial charge < -0.3 is 9.80 Å². The molecule has 0 saturated carbocycles. The molecule has 3 nitrogen and oxygen atoms in total. The molecule has 12 heavy (non-hydrogen) atoms. The van der Waals surface area contributed by atoms with E-state index in [4.69, 9.17) is 0 Å². The molecule has 1 heterocycles. The Morgan fingerprint density at radius 2 is 2.25 bits per heavy atom. The summed E-state index contributed by atoms with van der Waals surface area (Å²) in [6.45, 7) is 1.14. The molecular formula is C9H18N2O. The zero-order chi connectivity index (χ0) is 9.14. The minimum absolute atomic E-state index is 0.244. The maximum Gasteiger partial charge on any atom is 0.223 e. The Morgan fingerprint density at radius 1 is 1.58 bits per heavy atom. The smallest absolute Gasteiger partial charge is 0.223 e. The first-order chi connectivity index (χ1) is 5.61. The van der Waals surface area contributed by atoms with Crippen LogP contribution < -0.4 is 0 Å². The molecular weight excluding hydrogens is 152 g/mol. The predicted molar refractivity (Wildman–Crippen MR) is 49.0 cm³/mol. The Kier molecular flexibility index (Phi) is 3.09. The number of amides is 1. The lowest BCUT2D eigenvalue weighted by molar-refractivity contribution is -0.129. The number of nitrogens with zero attached hydrogens (tertiary/aromatic N) is 2. The van der Waals surface area contributed by atoms with Gasteiger partial charge in [0.1, 0.15) is 0 Å². The summed E-state index contributed by atoms with van der Waals surface area (Å²) in [5, 5.41) is 0. The average molecular weight is 170 g/mol. The Labute approximate surface area is 74.3 Å². The fraction of sp³-hybridized carbons (Fsp3) is 0.889. The van der Waals surface area contributed by atoms with Crippen LogP contribution in [-0.2, 0) is 4.79 Å². The van der Waals surface area contributed by atoms with Crippen molar-refractivity contribution in [2.75, 3.05) is 27.7 Å². The van der Waals surface area contributed by atoms with Gasteiger partial charge in [0.15, 0.2) is 0 Å². The Hall–Kier alpha value is -0.570. The molecule has 1 atom stereocenters. The van der Waals surface area contributed by atoms with Crippen molar-refractivity contribution in [3.8, 4) is 0 Å². The number of hydrogen-bond acceptors (Lipinski definition) is 2. The summed E-state index contributed by atoms with van der Waals surface area (Å²) in [5.41, 5.74) is 0. The monoisotopic (exact) mass is 170 g/mol. The standard InChI is InChI=1S/C9H18N2O/c1-10(2)9(12)7-8-5-4-6-11(8)3/h8H,4-7H2,1-3H3. The lowest BCUT2D eigenvalue weighted by Crippen LogP contribution is -2.32. The number of hydrogen-bond donors (Lipinski definition) is 0. The fourth-order valence-corrected chi connectivity index (χ4v) is 1.62. The Bertz CT molecular complexity index is 168. The van der Waals surface area contributed by atoms with Gasteiger partial charge in [-0.3, -0.25) is 4.79 Å². The molecule has 0 aromatic heterocycles. The highest BCUT2D eigenvalue weighted by Gasteiger charge is 2.23. The van der Waals surface area contributed by atoms with E-state index in [-0.39, 0.29) is 5.91 Å². The molecule has 1 rings (SSSR count). The van der Waals surface area contributed by atoms with Gasteiger partial charge in [0.2, 0.25) is 5.91 Å². The third-order valence-corrected chi connectivity index (χ3v) is 2.58. The summed E-state index contributed by atoms with van der Waals surface area (Å²) < 4.78 is 0. The molecule has 1 fully saturated rings. The quantitative estimate of drug-likeness (QED) is 0.604. The van der Waals surface area contributed by atoms with Crippen LogP contribution in [0.5, 0.6) is 0 Å². The van der Waals surface area contributed by atoms with Crippen LogP contribution in [0.4, 0.5) is 0 Å². The lowest BCUT2D eigenvalue weighted by Gasteiger charge is -2.20. The summed E-state index contributed by atoms with van der Waals surface area (Å²) in [7, 11) is 5.73. The molecule has 0 bridgehead atoms. The van der Waals surface area contributed by atoms with E-state index in [0.29, 0.717) is 12.5 Å². The van der Waals surface area contributed by atoms with Gasteiger partial charge in [-0.05, 0) is 26.4 Å². The maximum atomic E-state index is 11.3. The van der Waals surface area contributed by atoms with E-state index >= 15 is 0 Å². The van der Waals surface area contributed by atoms with Gasteiger partial charge in [-0.25, -0.2) is 0 Å². The molecule has 1 amide bonds. The highest BCUT2D eigenvalue weighted by molar-refractivity contribution is 5.76. The first-order valence-electron chi connectivity index (χ1n) is 4.51. The average Bonchev–Trinajstić information content (AvgIpc) is 2.36. The van der Waals surface area contributed by atoms with Crippen molar-refractivity contribution >= 4 is 5.91 Å². The van der Waals surface area contributed by atoms with Crippen LogP contribution in [-0.4, -0.2) is 49.4 Å². The van der Waals surface area contributed by atoms with E-state index < -0.39 is 0 Å². The molecule has 0 aliphatic carbocycles. The van der Waals surface area contributed by atoms with Crippen LogP contribution >= 0.6 is 0 Å². The van der Waals surface area contributed by atoms with Crippen molar-refractivity contribution in [1.82, 2.24) is 9.80 Å². The zero-order valence-electron chi connectivity index (χ0n) is 8.21. The van der Waals surface area contributed by atoms with Gasteiger partial charge in [-0.1, -0.05) is 0 Å². The summed E-state index contributed by atoms with van der Waals surface area (Å²) in [4.78, 5) is 15.3. The molecule has 0 aromatic rings. The minimum Gasteiger partial charge on any atom is -0.349 e. The van der Waals surface area contributed by atoms with Crippen molar-refractivity contribution in [2.24, 2.45) is 0 Å². The van der Waals surface area contributed by atoms with E-state index in [1.807, 2.05) is 14.1 Å². The third-order valence-electron chi connectivity index (χ3n) is 2.58. The van der Waals surface area contributed by atoms with Crippen LogP contribution in [0.1, 0.15) is 19.3 Å². The normalized spacial score (nSPS) is 24.4. The van der Waals surface area contributed by atoms with Crippen molar-refractivity contribution in [3.05, 3.63) is 0 Å². The van der Waals surface area contributed by atoms with Crippen molar-refractivity contribution < 1.29 is 4.79 Å². The van der Waals surface area contributed by atoms with Gasteiger partial charge in [-0.15, -0.1) is 0 Å². The summed E-state index contributed by atoms with van der Waals surface area (Å²) in [6, 6.07) is 0.486. The Balaban J connectivity index is 2.35. The molecule has 70 valence electrons. The number of rotatable bonds is 2. The fourth-order valence-electron chi connectivity index (χ4n) is 1.62. The first kappa shape index (κ1) is 9.52. The number of carbonyl (C=O) groups excluding carboxylic acids is 1. The first-order valence-corrected chi connectivity index (χ1v) is 4.51. The van der Waals surface area contributed by atoms with Crippen LogP contribution in [0.15, 0.2) is 0 Å². The second-order valence-electron chi connectivity index (χ2n) is 3.77. The molecule has 3 heteroatoms. The van der Waals surface area contributed by atoms with Crippen molar-refractivity contribution in [3.63, 3.8) is 0 Å². The molecule has 1 aliphatic rings. The number of likely N-dealkylation sites (tertiary alicyclic amines) is 1. The molecule has 1 saturated heterocycles. The van der Waals surface area contributed by atoms with E-state index in [1.165, 1.54) is 12.8 Å². The molecule has 0 aromatic carbocycles. The Morgan fingerprint density at radius 3 is 2.67 bits per heavy atom. The zero-order valence-corrected chi connectivity index (χ0v) is 8.21. The highest BCUT2D eigenvalue weighted by atomic mass is 16.2. The van der Waals surface area contributed by atoms with Crippen LogP contribution in [0.25, 0.3) is 0 Å².